The molecule has 1 unspecified atom stereocenters. The maximum atomic E-state index is 6.29. The molecule has 1 atom stereocenters. The summed E-state index contributed by atoms with van der Waals surface area (Å²) in [7, 11) is 0. The van der Waals surface area contributed by atoms with Crippen molar-refractivity contribution in [3.8, 4) is 0 Å². The fourth-order valence-electron chi connectivity index (χ4n) is 2.82. The van der Waals surface area contributed by atoms with E-state index < -0.39 is 0 Å². The summed E-state index contributed by atoms with van der Waals surface area (Å²) in [5, 5.41) is 1.04. The van der Waals surface area contributed by atoms with Crippen LogP contribution in [0.2, 0.25) is 10.0 Å². The molecule has 1 saturated carbocycles. The first-order valence-corrected chi connectivity index (χ1v) is 7.82. The predicted molar refractivity (Wildman–Crippen MR) is 86.5 cm³/mol. The van der Waals surface area contributed by atoms with Crippen molar-refractivity contribution < 1.29 is 0 Å². The van der Waals surface area contributed by atoms with E-state index in [1.807, 2.05) is 6.07 Å². The Morgan fingerprint density at radius 1 is 1.24 bits per heavy atom. The van der Waals surface area contributed by atoms with Crippen LogP contribution in [0, 0.1) is 0 Å². The number of nitrogens with zero attached hydrogens (tertiary/aromatic N) is 1. The second-order valence-corrected chi connectivity index (χ2v) is 6.22. The van der Waals surface area contributed by atoms with Gasteiger partial charge in [0.05, 0.1) is 21.8 Å². The minimum absolute atomic E-state index is 0.230. The van der Waals surface area contributed by atoms with Crippen molar-refractivity contribution in [3.63, 3.8) is 0 Å². The molecule has 1 aromatic heterocycles. The van der Waals surface area contributed by atoms with E-state index in [1.54, 1.807) is 12.3 Å². The van der Waals surface area contributed by atoms with Crippen molar-refractivity contribution >= 4 is 23.2 Å². The molecule has 3 N–H and O–H groups in total. The van der Waals surface area contributed by atoms with Gasteiger partial charge in [-0.3, -0.25) is 10.8 Å². The molecule has 1 fully saturated rings. The Kier molecular flexibility index (Phi) is 4.45. The average molecular weight is 322 g/mol. The molecule has 1 aliphatic carbocycles. The van der Waals surface area contributed by atoms with E-state index >= 15 is 0 Å². The number of nitrogens with two attached hydrogens (primary N) is 1. The molecule has 3 nitrogen and oxygen atoms in total. The van der Waals surface area contributed by atoms with E-state index in [4.69, 9.17) is 29.0 Å². The summed E-state index contributed by atoms with van der Waals surface area (Å²) in [4.78, 5) is 4.36. The quantitative estimate of drug-likeness (QED) is 0.655. The fraction of sp³-hybridized carbons (Fsp3) is 0.312. The van der Waals surface area contributed by atoms with Crippen LogP contribution >= 0.6 is 23.2 Å². The van der Waals surface area contributed by atoms with Crippen LogP contribution in [0.5, 0.6) is 0 Å². The first-order chi connectivity index (χ1) is 10.2. The Morgan fingerprint density at radius 2 is 2.00 bits per heavy atom. The number of hydrogen-bond donors (Lipinski definition) is 2. The number of benzene rings is 1. The zero-order valence-corrected chi connectivity index (χ0v) is 13.0. The van der Waals surface area contributed by atoms with Gasteiger partial charge >= 0.3 is 0 Å². The van der Waals surface area contributed by atoms with Crippen LogP contribution < -0.4 is 11.3 Å². The molecule has 110 valence electrons. The normalized spacial score (nSPS) is 16.5. The molecule has 5 heteroatoms. The van der Waals surface area contributed by atoms with Crippen molar-refractivity contribution in [3.05, 3.63) is 63.4 Å². The highest BCUT2D eigenvalue weighted by Crippen LogP contribution is 2.41. The van der Waals surface area contributed by atoms with Gasteiger partial charge in [-0.05, 0) is 36.0 Å². The average Bonchev–Trinajstić information content (AvgIpc) is 2.41. The van der Waals surface area contributed by atoms with Gasteiger partial charge in [0.25, 0.3) is 0 Å². The van der Waals surface area contributed by atoms with Gasteiger partial charge in [0.1, 0.15) is 0 Å². The van der Waals surface area contributed by atoms with Gasteiger partial charge in [-0.25, -0.2) is 5.43 Å². The van der Waals surface area contributed by atoms with Gasteiger partial charge in [0.15, 0.2) is 0 Å². The molecule has 3 rings (SSSR count). The molecular weight excluding hydrogens is 305 g/mol. The van der Waals surface area contributed by atoms with Gasteiger partial charge in [-0.2, -0.15) is 0 Å². The minimum Gasteiger partial charge on any atom is -0.271 e. The SMILES string of the molecule is NNC(c1ccccc1C1CCC1)c1ncc(Cl)cc1Cl. The van der Waals surface area contributed by atoms with Gasteiger partial charge in [0, 0.05) is 6.20 Å². The minimum atomic E-state index is -0.230. The molecule has 0 radical (unpaired) electrons. The zero-order valence-electron chi connectivity index (χ0n) is 11.5. The lowest BCUT2D eigenvalue weighted by atomic mass is 9.77. The van der Waals surface area contributed by atoms with Gasteiger partial charge in [-0.15, -0.1) is 0 Å². The second-order valence-electron chi connectivity index (χ2n) is 5.38. The molecule has 21 heavy (non-hydrogen) atoms. The van der Waals surface area contributed by atoms with E-state index in [9.17, 15) is 0 Å². The van der Waals surface area contributed by atoms with E-state index in [0.29, 0.717) is 21.7 Å². The molecule has 1 aliphatic rings. The van der Waals surface area contributed by atoms with Crippen LogP contribution in [0.15, 0.2) is 36.5 Å². The summed E-state index contributed by atoms with van der Waals surface area (Å²) in [5.41, 5.74) is 6.03. The fourth-order valence-corrected chi connectivity index (χ4v) is 3.31. The Labute approximate surface area is 134 Å². The second kappa shape index (κ2) is 6.32. The Bertz CT molecular complexity index is 641. The number of nitrogens with one attached hydrogen (secondary N) is 1. The predicted octanol–water partition coefficient (Wildman–Crippen LogP) is 4.21. The number of pyridine rings is 1. The van der Waals surface area contributed by atoms with E-state index in [-0.39, 0.29) is 6.04 Å². The van der Waals surface area contributed by atoms with Crippen LogP contribution in [0.4, 0.5) is 0 Å². The highest BCUT2D eigenvalue weighted by Gasteiger charge is 2.26. The maximum Gasteiger partial charge on any atom is 0.0899 e. The third kappa shape index (κ3) is 2.92. The number of rotatable bonds is 4. The molecule has 1 aromatic carbocycles. The third-order valence-corrected chi connectivity index (χ3v) is 4.64. The lowest BCUT2D eigenvalue weighted by Crippen LogP contribution is -2.31. The topological polar surface area (TPSA) is 50.9 Å². The first kappa shape index (κ1) is 14.8. The van der Waals surface area contributed by atoms with E-state index in [2.05, 4.69) is 28.6 Å². The summed E-state index contributed by atoms with van der Waals surface area (Å²) in [6.07, 6.45) is 5.35. The highest BCUT2D eigenvalue weighted by atomic mass is 35.5. The molecule has 0 bridgehead atoms. The van der Waals surface area contributed by atoms with E-state index in [0.717, 1.165) is 5.56 Å². The van der Waals surface area contributed by atoms with Crippen molar-refractivity contribution in [2.75, 3.05) is 0 Å². The van der Waals surface area contributed by atoms with Gasteiger partial charge in [0.2, 0.25) is 0 Å². The van der Waals surface area contributed by atoms with Crippen LogP contribution in [0.3, 0.4) is 0 Å². The largest absolute Gasteiger partial charge is 0.271 e. The Balaban J connectivity index is 2.03. The van der Waals surface area contributed by atoms with Crippen molar-refractivity contribution in [1.82, 2.24) is 10.4 Å². The molecule has 0 saturated heterocycles. The van der Waals surface area contributed by atoms with Crippen molar-refractivity contribution in [1.29, 1.82) is 0 Å². The smallest absolute Gasteiger partial charge is 0.0899 e. The van der Waals surface area contributed by atoms with Crippen LogP contribution in [0.1, 0.15) is 48.0 Å². The number of hydrazine groups is 1. The summed E-state index contributed by atoms with van der Waals surface area (Å²) in [6, 6.07) is 9.82. The zero-order chi connectivity index (χ0) is 14.8. The number of aromatic nitrogens is 1. The summed E-state index contributed by atoms with van der Waals surface area (Å²) < 4.78 is 0. The highest BCUT2D eigenvalue weighted by molar-refractivity contribution is 6.34. The van der Waals surface area contributed by atoms with Crippen molar-refractivity contribution in [2.24, 2.45) is 5.84 Å². The molecule has 1 heterocycles. The molecule has 0 aliphatic heterocycles. The summed E-state index contributed by atoms with van der Waals surface area (Å²) >= 11 is 12.2. The number of halogens is 2. The van der Waals surface area contributed by atoms with Crippen LogP contribution in [-0.4, -0.2) is 4.98 Å². The van der Waals surface area contributed by atoms with Crippen LogP contribution in [-0.2, 0) is 0 Å². The Morgan fingerprint density at radius 3 is 2.62 bits per heavy atom. The number of hydrogen-bond acceptors (Lipinski definition) is 3. The van der Waals surface area contributed by atoms with Gasteiger partial charge in [-0.1, -0.05) is 53.9 Å². The summed E-state index contributed by atoms with van der Waals surface area (Å²) in [5.74, 6) is 6.40. The third-order valence-electron chi connectivity index (χ3n) is 4.13. The monoisotopic (exact) mass is 321 g/mol. The lowest BCUT2D eigenvalue weighted by Gasteiger charge is -2.30. The summed E-state index contributed by atoms with van der Waals surface area (Å²) in [6.45, 7) is 0. The molecule has 0 spiro atoms. The van der Waals surface area contributed by atoms with Crippen LogP contribution in [0.25, 0.3) is 0 Å². The van der Waals surface area contributed by atoms with Crippen molar-refractivity contribution in [2.45, 2.75) is 31.2 Å². The van der Waals surface area contributed by atoms with E-state index in [1.165, 1.54) is 24.8 Å². The molecule has 0 amide bonds. The van der Waals surface area contributed by atoms with Gasteiger partial charge < -0.3 is 0 Å². The molecular formula is C16H17Cl2N3. The first-order valence-electron chi connectivity index (χ1n) is 7.06. The standard InChI is InChI=1S/C16H17Cl2N3/c17-11-8-14(18)16(20-9-11)15(21-19)13-7-2-1-6-12(13)10-4-3-5-10/h1-2,6-10,15,21H,3-5,19H2. The maximum absolute atomic E-state index is 6.29. The molecule has 2 aromatic rings. The lowest BCUT2D eigenvalue weighted by molar-refractivity contribution is 0.414. The Hall–Kier alpha value is -1.13.